The average molecular weight is 437 g/mol. The smallest absolute Gasteiger partial charge is 0.335 e. The molecule has 0 radical (unpaired) electrons. The first-order valence-electron chi connectivity index (χ1n) is 10.9. The van der Waals surface area contributed by atoms with Gasteiger partial charge < -0.3 is 19.3 Å². The van der Waals surface area contributed by atoms with Gasteiger partial charge in [0, 0.05) is 50.1 Å². The van der Waals surface area contributed by atoms with Crippen LogP contribution in [0.25, 0.3) is 10.9 Å². The molecule has 0 fully saturated rings. The molecule has 0 aliphatic rings. The summed E-state index contributed by atoms with van der Waals surface area (Å²) in [5.41, 5.74) is 4.71. The molecular formula is C26H32N2O4. The maximum Gasteiger partial charge on any atom is 0.335 e. The lowest BCUT2D eigenvalue weighted by Gasteiger charge is -2.11. The van der Waals surface area contributed by atoms with E-state index in [2.05, 4.69) is 42.8 Å². The van der Waals surface area contributed by atoms with Crippen LogP contribution in [-0.4, -0.2) is 47.7 Å². The molecule has 1 aromatic heterocycles. The maximum atomic E-state index is 11.9. The third-order valence-electron chi connectivity index (χ3n) is 5.81. The van der Waals surface area contributed by atoms with E-state index in [0.29, 0.717) is 24.6 Å². The first kappa shape index (κ1) is 23.4. The number of carbonyl (C=O) groups excluding carboxylic acids is 1. The van der Waals surface area contributed by atoms with Gasteiger partial charge in [-0.3, -0.25) is 4.79 Å². The third-order valence-corrected chi connectivity index (χ3v) is 5.81. The number of carbonyl (C=O) groups is 2. The van der Waals surface area contributed by atoms with Gasteiger partial charge in [0.05, 0.1) is 12.7 Å². The summed E-state index contributed by atoms with van der Waals surface area (Å²) in [5, 5.41) is 10.5. The Morgan fingerprint density at radius 2 is 1.84 bits per heavy atom. The lowest BCUT2D eigenvalue weighted by atomic mass is 9.99. The molecule has 32 heavy (non-hydrogen) atoms. The van der Waals surface area contributed by atoms with E-state index < -0.39 is 5.97 Å². The summed E-state index contributed by atoms with van der Waals surface area (Å²) in [6.45, 7) is 4.32. The maximum absolute atomic E-state index is 11.9. The zero-order chi connectivity index (χ0) is 23.4. The van der Waals surface area contributed by atoms with Crippen molar-refractivity contribution in [3.8, 4) is 5.75 Å². The average Bonchev–Trinajstić information content (AvgIpc) is 3.11. The zero-order valence-electron chi connectivity index (χ0n) is 19.5. The minimum Gasteiger partial charge on any atom is -0.496 e. The topological polar surface area (TPSA) is 71.8 Å². The minimum atomic E-state index is -0.969. The molecule has 0 bridgehead atoms. The Morgan fingerprint density at radius 3 is 2.47 bits per heavy atom. The molecule has 0 aliphatic heterocycles. The fourth-order valence-electron chi connectivity index (χ4n) is 3.99. The van der Waals surface area contributed by atoms with Gasteiger partial charge in [-0.2, -0.15) is 0 Å². The third kappa shape index (κ3) is 5.13. The summed E-state index contributed by atoms with van der Waals surface area (Å²) < 4.78 is 7.75. The Morgan fingerprint density at radius 1 is 1.09 bits per heavy atom. The SMILES string of the molecule is COc1cc(C(=O)O)ccc1Cc1cn(C(C)C)c2ccc(CCCC(=O)N(C)C)cc12. The van der Waals surface area contributed by atoms with Gasteiger partial charge in [0.15, 0.2) is 0 Å². The van der Waals surface area contributed by atoms with E-state index in [4.69, 9.17) is 4.74 Å². The number of nitrogens with zero attached hydrogens (tertiary/aromatic N) is 2. The van der Waals surface area contributed by atoms with E-state index in [9.17, 15) is 14.7 Å². The molecule has 0 spiro atoms. The number of carboxylic acids is 1. The predicted octanol–water partition coefficient (Wildman–Crippen LogP) is 4.93. The molecule has 3 aromatic rings. The molecular weight excluding hydrogens is 404 g/mol. The lowest BCUT2D eigenvalue weighted by Crippen LogP contribution is -2.21. The number of aromatic nitrogens is 1. The second-order valence-electron chi connectivity index (χ2n) is 8.66. The van der Waals surface area contributed by atoms with E-state index >= 15 is 0 Å². The number of benzene rings is 2. The molecule has 6 nitrogen and oxygen atoms in total. The van der Waals surface area contributed by atoms with Crippen LogP contribution in [0.3, 0.4) is 0 Å². The van der Waals surface area contributed by atoms with E-state index in [0.717, 1.165) is 18.4 Å². The molecule has 2 aromatic carbocycles. The molecule has 3 rings (SSSR count). The largest absolute Gasteiger partial charge is 0.496 e. The standard InChI is InChI=1S/C26H32N2O4/c1-17(2)28-16-21(14-19-10-11-20(26(30)31)15-24(19)32-5)22-13-18(9-12-23(22)28)7-6-8-25(29)27(3)4/h9-13,15-17H,6-8,14H2,1-5H3,(H,30,31). The number of hydrogen-bond acceptors (Lipinski definition) is 3. The molecule has 1 N–H and O–H groups in total. The number of rotatable bonds is 9. The summed E-state index contributed by atoms with van der Waals surface area (Å²) >= 11 is 0. The van der Waals surface area contributed by atoms with Crippen LogP contribution in [0.15, 0.2) is 42.6 Å². The van der Waals surface area contributed by atoms with Crippen molar-refractivity contribution in [2.75, 3.05) is 21.2 Å². The quantitative estimate of drug-likeness (QED) is 0.516. The van der Waals surface area contributed by atoms with Crippen LogP contribution in [0.1, 0.15) is 59.8 Å². The van der Waals surface area contributed by atoms with Gasteiger partial charge in [-0.15, -0.1) is 0 Å². The fraction of sp³-hybridized carbons (Fsp3) is 0.385. The Hall–Kier alpha value is -3.28. The van der Waals surface area contributed by atoms with E-state index in [1.54, 1.807) is 38.2 Å². The van der Waals surface area contributed by atoms with Crippen LogP contribution >= 0.6 is 0 Å². The van der Waals surface area contributed by atoms with Gasteiger partial charge >= 0.3 is 5.97 Å². The number of aryl methyl sites for hydroxylation is 1. The first-order chi connectivity index (χ1) is 15.2. The summed E-state index contributed by atoms with van der Waals surface area (Å²) in [6.07, 6.45) is 5.02. The van der Waals surface area contributed by atoms with Gasteiger partial charge in [-0.1, -0.05) is 12.1 Å². The molecule has 0 atom stereocenters. The van der Waals surface area contributed by atoms with Crippen molar-refractivity contribution in [1.29, 1.82) is 0 Å². The van der Waals surface area contributed by atoms with Crippen LogP contribution in [0, 0.1) is 0 Å². The molecule has 0 saturated carbocycles. The van der Waals surface area contributed by atoms with E-state index in [-0.39, 0.29) is 11.5 Å². The van der Waals surface area contributed by atoms with Crippen molar-refractivity contribution < 1.29 is 19.4 Å². The van der Waals surface area contributed by atoms with Crippen molar-refractivity contribution >= 4 is 22.8 Å². The number of aromatic carboxylic acids is 1. The van der Waals surface area contributed by atoms with Gasteiger partial charge in [0.1, 0.15) is 5.75 Å². The Balaban J connectivity index is 1.93. The summed E-state index contributed by atoms with van der Waals surface area (Å²) in [6, 6.07) is 11.9. The highest BCUT2D eigenvalue weighted by Gasteiger charge is 2.15. The van der Waals surface area contributed by atoms with Crippen molar-refractivity contribution in [2.24, 2.45) is 0 Å². The van der Waals surface area contributed by atoms with E-state index in [1.165, 1.54) is 22.0 Å². The van der Waals surface area contributed by atoms with Crippen molar-refractivity contribution in [1.82, 2.24) is 9.47 Å². The Labute approximate surface area is 189 Å². The molecule has 0 unspecified atom stereocenters. The normalized spacial score (nSPS) is 11.2. The van der Waals surface area contributed by atoms with Gasteiger partial charge in [-0.05, 0) is 67.6 Å². The number of ether oxygens (including phenoxy) is 1. The number of methoxy groups -OCH3 is 1. The molecule has 0 aliphatic carbocycles. The van der Waals surface area contributed by atoms with Crippen LogP contribution in [0.2, 0.25) is 0 Å². The summed E-state index contributed by atoms with van der Waals surface area (Å²) in [5.74, 6) is -0.244. The Kier molecular flexibility index (Phi) is 7.23. The predicted molar refractivity (Wildman–Crippen MR) is 127 cm³/mol. The Bertz CT molecular complexity index is 1130. The molecule has 170 valence electrons. The minimum absolute atomic E-state index is 0.148. The molecule has 1 heterocycles. The first-order valence-corrected chi connectivity index (χ1v) is 10.9. The van der Waals surface area contributed by atoms with E-state index in [1.807, 2.05) is 6.07 Å². The second-order valence-corrected chi connectivity index (χ2v) is 8.66. The lowest BCUT2D eigenvalue weighted by molar-refractivity contribution is -0.128. The summed E-state index contributed by atoms with van der Waals surface area (Å²) in [4.78, 5) is 24.8. The molecule has 1 amide bonds. The van der Waals surface area contributed by atoms with Crippen LogP contribution < -0.4 is 4.74 Å². The fourth-order valence-corrected chi connectivity index (χ4v) is 3.99. The van der Waals surface area contributed by atoms with Gasteiger partial charge in [-0.25, -0.2) is 4.79 Å². The van der Waals surface area contributed by atoms with Crippen molar-refractivity contribution in [3.05, 3.63) is 64.8 Å². The zero-order valence-corrected chi connectivity index (χ0v) is 19.5. The number of hydrogen-bond donors (Lipinski definition) is 1. The van der Waals surface area contributed by atoms with Crippen LogP contribution in [-0.2, 0) is 17.6 Å². The van der Waals surface area contributed by atoms with Gasteiger partial charge in [0.2, 0.25) is 5.91 Å². The van der Waals surface area contributed by atoms with Crippen LogP contribution in [0.4, 0.5) is 0 Å². The van der Waals surface area contributed by atoms with Gasteiger partial charge in [0.25, 0.3) is 0 Å². The highest BCUT2D eigenvalue weighted by atomic mass is 16.5. The monoisotopic (exact) mass is 436 g/mol. The van der Waals surface area contributed by atoms with Crippen molar-refractivity contribution in [3.63, 3.8) is 0 Å². The highest BCUT2D eigenvalue weighted by Crippen LogP contribution is 2.31. The molecule has 0 saturated heterocycles. The highest BCUT2D eigenvalue weighted by molar-refractivity contribution is 5.88. The molecule has 6 heteroatoms. The number of amides is 1. The van der Waals surface area contributed by atoms with Crippen LogP contribution in [0.5, 0.6) is 5.75 Å². The van der Waals surface area contributed by atoms with Crippen molar-refractivity contribution in [2.45, 2.75) is 45.6 Å². The number of carboxylic acid groups (broad SMARTS) is 1. The second kappa shape index (κ2) is 9.90. The summed E-state index contributed by atoms with van der Waals surface area (Å²) in [7, 11) is 5.13. The number of fused-ring (bicyclic) bond motifs is 1.